The van der Waals surface area contributed by atoms with Gasteiger partial charge in [0, 0.05) is 11.4 Å². The number of likely N-dealkylation sites (tertiary alicyclic amines) is 1. The smallest absolute Gasteiger partial charge is 0.261 e. The van der Waals surface area contributed by atoms with Crippen molar-refractivity contribution in [1.82, 2.24) is 14.5 Å². The van der Waals surface area contributed by atoms with Crippen molar-refractivity contribution >= 4 is 28.4 Å². The van der Waals surface area contributed by atoms with Crippen LogP contribution in [-0.2, 0) is 11.3 Å². The fraction of sp³-hybridized carbons (Fsp3) is 0.276. The average Bonchev–Trinajstić information content (AvgIpc) is 2.87. The summed E-state index contributed by atoms with van der Waals surface area (Å²) < 4.78 is 1.75. The first-order chi connectivity index (χ1) is 16.9. The predicted molar refractivity (Wildman–Crippen MR) is 139 cm³/mol. The largest absolute Gasteiger partial charge is 0.325 e. The molecule has 178 valence electrons. The molecule has 1 fully saturated rings. The average molecular weight is 486 g/mol. The van der Waals surface area contributed by atoms with Gasteiger partial charge >= 0.3 is 0 Å². The van der Waals surface area contributed by atoms with E-state index in [9.17, 15) is 9.59 Å². The van der Waals surface area contributed by atoms with Crippen LogP contribution in [0.3, 0.4) is 0 Å². The maximum Gasteiger partial charge on any atom is 0.261 e. The number of fused-ring (bicyclic) bond motifs is 1. The second-order valence-electron chi connectivity index (χ2n) is 9.36. The molecule has 6 heteroatoms. The Morgan fingerprint density at radius 2 is 1.69 bits per heavy atom. The summed E-state index contributed by atoms with van der Waals surface area (Å²) in [6, 6.07) is 24.6. The number of halogens is 1. The Hall–Kier alpha value is -3.44. The summed E-state index contributed by atoms with van der Waals surface area (Å²) in [5.74, 6) is 0.817. The highest BCUT2D eigenvalue weighted by Gasteiger charge is 2.40. The number of hydrogen-bond donors (Lipinski definition) is 0. The van der Waals surface area contributed by atoms with E-state index in [1.807, 2.05) is 65.6 Å². The highest BCUT2D eigenvalue weighted by molar-refractivity contribution is 6.31. The molecule has 1 amide bonds. The standard InChI is InChI=1S/C29H28ClN3O2/c1-19-13-16-26(34)33(20(2)22-11-7-4-8-12-22)27(19)28-31-25-17-23(30)14-15-24(25)29(35)32(28)18-21-9-5-3-6-10-21/h3-12,14-15,17,19-20,27H,13,16,18H2,1-2H3. The molecule has 3 aromatic carbocycles. The Labute approximate surface area is 210 Å². The van der Waals surface area contributed by atoms with E-state index in [1.54, 1.807) is 22.8 Å². The van der Waals surface area contributed by atoms with Crippen molar-refractivity contribution in [3.8, 4) is 0 Å². The van der Waals surface area contributed by atoms with Crippen LogP contribution in [0.1, 0.15) is 55.7 Å². The number of benzene rings is 3. The van der Waals surface area contributed by atoms with Crippen molar-refractivity contribution in [3.63, 3.8) is 0 Å². The van der Waals surface area contributed by atoms with Crippen molar-refractivity contribution < 1.29 is 4.79 Å². The number of amides is 1. The van der Waals surface area contributed by atoms with Crippen LogP contribution in [0, 0.1) is 5.92 Å². The van der Waals surface area contributed by atoms with Crippen LogP contribution in [0.5, 0.6) is 0 Å². The van der Waals surface area contributed by atoms with E-state index >= 15 is 0 Å². The third kappa shape index (κ3) is 4.48. The molecule has 1 aliphatic rings. The molecule has 4 aromatic rings. The van der Waals surface area contributed by atoms with Crippen LogP contribution in [-0.4, -0.2) is 20.4 Å². The van der Waals surface area contributed by atoms with Crippen molar-refractivity contribution in [3.05, 3.63) is 111 Å². The van der Waals surface area contributed by atoms with Gasteiger partial charge in [-0.3, -0.25) is 14.2 Å². The normalized spacial score (nSPS) is 19.2. The molecule has 1 aliphatic heterocycles. The third-order valence-electron chi connectivity index (χ3n) is 7.03. The molecule has 5 nitrogen and oxygen atoms in total. The molecule has 0 radical (unpaired) electrons. The summed E-state index contributed by atoms with van der Waals surface area (Å²) in [7, 11) is 0. The molecule has 35 heavy (non-hydrogen) atoms. The summed E-state index contributed by atoms with van der Waals surface area (Å²) in [5, 5.41) is 1.05. The molecule has 1 aromatic heterocycles. The Morgan fingerprint density at radius 1 is 1.00 bits per heavy atom. The summed E-state index contributed by atoms with van der Waals surface area (Å²) in [4.78, 5) is 34.2. The minimum atomic E-state index is -0.341. The predicted octanol–water partition coefficient (Wildman–Crippen LogP) is 6.16. The van der Waals surface area contributed by atoms with Gasteiger partial charge in [-0.05, 0) is 48.6 Å². The molecule has 5 rings (SSSR count). The SMILES string of the molecule is CC1CCC(=O)N(C(C)c2ccccc2)C1c1nc2cc(Cl)ccc2c(=O)n1Cc1ccccc1. The first-order valence-corrected chi connectivity index (χ1v) is 12.4. The third-order valence-corrected chi connectivity index (χ3v) is 7.27. The minimum absolute atomic E-state index is 0.0798. The summed E-state index contributed by atoms with van der Waals surface area (Å²) in [6.45, 7) is 4.57. The van der Waals surface area contributed by atoms with Crippen molar-refractivity contribution in [1.29, 1.82) is 0 Å². The van der Waals surface area contributed by atoms with Crippen LogP contribution in [0.4, 0.5) is 0 Å². The van der Waals surface area contributed by atoms with Gasteiger partial charge in [-0.15, -0.1) is 0 Å². The van der Waals surface area contributed by atoms with Crippen LogP contribution < -0.4 is 5.56 Å². The number of rotatable bonds is 5. The van der Waals surface area contributed by atoms with Crippen LogP contribution >= 0.6 is 11.6 Å². The van der Waals surface area contributed by atoms with Crippen LogP contribution in [0.2, 0.25) is 5.02 Å². The molecular weight excluding hydrogens is 458 g/mol. The number of aromatic nitrogens is 2. The van der Waals surface area contributed by atoms with Crippen molar-refractivity contribution in [2.24, 2.45) is 5.92 Å². The quantitative estimate of drug-likeness (QED) is 0.340. The number of piperidine rings is 1. The molecule has 0 aliphatic carbocycles. The first kappa shape index (κ1) is 23.3. The fourth-order valence-electron chi connectivity index (χ4n) is 5.15. The van der Waals surface area contributed by atoms with Gasteiger partial charge in [-0.2, -0.15) is 0 Å². The van der Waals surface area contributed by atoms with Gasteiger partial charge < -0.3 is 4.90 Å². The highest BCUT2D eigenvalue weighted by Crippen LogP contribution is 2.41. The zero-order valence-corrected chi connectivity index (χ0v) is 20.7. The molecule has 2 heterocycles. The van der Waals surface area contributed by atoms with Crippen LogP contribution in [0.25, 0.3) is 10.9 Å². The maximum absolute atomic E-state index is 13.8. The maximum atomic E-state index is 13.8. The molecule has 0 saturated carbocycles. The zero-order chi connectivity index (χ0) is 24.5. The minimum Gasteiger partial charge on any atom is -0.325 e. The monoisotopic (exact) mass is 485 g/mol. The lowest BCUT2D eigenvalue weighted by molar-refractivity contribution is -0.142. The molecule has 1 saturated heterocycles. The number of nitrogens with zero attached hydrogens (tertiary/aromatic N) is 3. The summed E-state index contributed by atoms with van der Waals surface area (Å²) >= 11 is 6.28. The molecular formula is C29H28ClN3O2. The molecule has 0 N–H and O–H groups in total. The van der Waals surface area contributed by atoms with E-state index in [0.29, 0.717) is 34.7 Å². The topological polar surface area (TPSA) is 55.2 Å². The van der Waals surface area contributed by atoms with Gasteiger partial charge in [0.15, 0.2) is 0 Å². The highest BCUT2D eigenvalue weighted by atomic mass is 35.5. The van der Waals surface area contributed by atoms with E-state index in [2.05, 4.69) is 13.8 Å². The molecule has 3 atom stereocenters. The van der Waals surface area contributed by atoms with Crippen molar-refractivity contribution in [2.45, 2.75) is 45.3 Å². The van der Waals surface area contributed by atoms with Gasteiger partial charge in [-0.25, -0.2) is 4.98 Å². The number of carbonyl (C=O) groups excluding carboxylic acids is 1. The zero-order valence-electron chi connectivity index (χ0n) is 19.9. The second kappa shape index (κ2) is 9.67. The van der Waals surface area contributed by atoms with Crippen molar-refractivity contribution in [2.75, 3.05) is 0 Å². The van der Waals surface area contributed by atoms with Gasteiger partial charge in [0.05, 0.1) is 29.5 Å². The van der Waals surface area contributed by atoms with E-state index in [0.717, 1.165) is 17.5 Å². The Balaban J connectivity index is 1.72. The molecule has 3 unspecified atom stereocenters. The van der Waals surface area contributed by atoms with Crippen LogP contribution in [0.15, 0.2) is 83.7 Å². The van der Waals surface area contributed by atoms with Gasteiger partial charge in [0.25, 0.3) is 5.56 Å². The van der Waals surface area contributed by atoms with Gasteiger partial charge in [0.1, 0.15) is 5.82 Å². The summed E-state index contributed by atoms with van der Waals surface area (Å²) in [6.07, 6.45) is 1.23. The first-order valence-electron chi connectivity index (χ1n) is 12.0. The lowest BCUT2D eigenvalue weighted by Crippen LogP contribution is -2.46. The lowest BCUT2D eigenvalue weighted by Gasteiger charge is -2.43. The van der Waals surface area contributed by atoms with E-state index in [-0.39, 0.29) is 29.5 Å². The molecule has 0 bridgehead atoms. The number of hydrogen-bond acceptors (Lipinski definition) is 3. The second-order valence-corrected chi connectivity index (χ2v) is 9.79. The fourth-order valence-corrected chi connectivity index (χ4v) is 5.32. The van der Waals surface area contributed by atoms with E-state index in [4.69, 9.17) is 16.6 Å². The van der Waals surface area contributed by atoms with E-state index in [1.165, 1.54) is 0 Å². The molecule has 0 spiro atoms. The van der Waals surface area contributed by atoms with Gasteiger partial charge in [0.2, 0.25) is 5.91 Å². The number of carbonyl (C=O) groups is 1. The summed E-state index contributed by atoms with van der Waals surface area (Å²) in [5.41, 5.74) is 2.49. The Bertz CT molecular complexity index is 1420. The Kier molecular flexibility index (Phi) is 6.44. The van der Waals surface area contributed by atoms with E-state index < -0.39 is 0 Å². The lowest BCUT2D eigenvalue weighted by atomic mass is 9.87. The Morgan fingerprint density at radius 3 is 2.40 bits per heavy atom. The van der Waals surface area contributed by atoms with Gasteiger partial charge in [-0.1, -0.05) is 79.2 Å².